The van der Waals surface area contributed by atoms with E-state index < -0.39 is 0 Å². The molecule has 0 atom stereocenters. The van der Waals surface area contributed by atoms with Crippen LogP contribution in [0.15, 0.2) is 66.7 Å². The van der Waals surface area contributed by atoms with Crippen LogP contribution in [0.4, 0.5) is 0 Å². The standard InChI is InChI=1S/C25H23N2/c1-24(2)18-12-9-11-17-16-10-5-6-13-19(16)26-20-14-7-8-15-21(20)27(25(24,3)4)23(26)22(17)18/h5-15H,1-4H3/q+1. The highest BCUT2D eigenvalue weighted by molar-refractivity contribution is 6.14. The summed E-state index contributed by atoms with van der Waals surface area (Å²) in [4.78, 5) is 0. The molecule has 0 amide bonds. The van der Waals surface area contributed by atoms with Crippen LogP contribution < -0.4 is 4.57 Å². The first-order chi connectivity index (χ1) is 12.9. The number of rotatable bonds is 0. The van der Waals surface area contributed by atoms with Gasteiger partial charge in [-0.25, -0.2) is 4.57 Å². The zero-order chi connectivity index (χ0) is 18.6. The highest BCUT2D eigenvalue weighted by Gasteiger charge is 2.51. The van der Waals surface area contributed by atoms with Crippen molar-refractivity contribution in [1.29, 1.82) is 0 Å². The van der Waals surface area contributed by atoms with E-state index in [0.717, 1.165) is 0 Å². The van der Waals surface area contributed by atoms with E-state index in [2.05, 4.69) is 103 Å². The Morgan fingerprint density at radius 3 is 2.19 bits per heavy atom. The van der Waals surface area contributed by atoms with Crippen LogP contribution in [0.1, 0.15) is 33.3 Å². The molecule has 1 aliphatic rings. The van der Waals surface area contributed by atoms with Gasteiger partial charge in [0.05, 0.1) is 5.39 Å². The molecule has 6 rings (SSSR count). The number of aromatic nitrogens is 2. The van der Waals surface area contributed by atoms with Gasteiger partial charge in [-0.1, -0.05) is 62.4 Å². The van der Waals surface area contributed by atoms with Crippen LogP contribution in [0.2, 0.25) is 0 Å². The van der Waals surface area contributed by atoms with Gasteiger partial charge >= 0.3 is 0 Å². The Kier molecular flexibility index (Phi) is 2.54. The highest BCUT2D eigenvalue weighted by atomic mass is 15.2. The van der Waals surface area contributed by atoms with Crippen LogP contribution in [0.3, 0.4) is 0 Å². The van der Waals surface area contributed by atoms with Gasteiger partial charge < -0.3 is 0 Å². The molecule has 5 aromatic rings. The van der Waals surface area contributed by atoms with Crippen molar-refractivity contribution in [1.82, 2.24) is 4.40 Å². The maximum Gasteiger partial charge on any atom is 0.296 e. The van der Waals surface area contributed by atoms with E-state index in [9.17, 15) is 0 Å². The van der Waals surface area contributed by atoms with Crippen molar-refractivity contribution in [3.8, 4) is 0 Å². The van der Waals surface area contributed by atoms with Gasteiger partial charge in [0, 0.05) is 16.2 Å². The maximum absolute atomic E-state index is 2.59. The van der Waals surface area contributed by atoms with E-state index in [1.165, 1.54) is 43.9 Å². The number of benzene rings is 3. The Morgan fingerprint density at radius 1 is 0.704 bits per heavy atom. The smallest absolute Gasteiger partial charge is 0.217 e. The zero-order valence-electron chi connectivity index (χ0n) is 16.2. The summed E-state index contributed by atoms with van der Waals surface area (Å²) < 4.78 is 5.07. The average molecular weight is 351 g/mol. The molecule has 2 aromatic heterocycles. The molecule has 1 aliphatic heterocycles. The summed E-state index contributed by atoms with van der Waals surface area (Å²) in [6, 6.07) is 24.5. The third-order valence-corrected chi connectivity index (χ3v) is 7.27. The maximum atomic E-state index is 2.59. The first kappa shape index (κ1) is 15.2. The van der Waals surface area contributed by atoms with E-state index in [1.54, 1.807) is 0 Å². The lowest BCUT2D eigenvalue weighted by Gasteiger charge is -2.43. The Bertz CT molecular complexity index is 1420. The molecule has 3 aromatic carbocycles. The molecule has 0 saturated heterocycles. The van der Waals surface area contributed by atoms with E-state index >= 15 is 0 Å². The Morgan fingerprint density at radius 2 is 1.37 bits per heavy atom. The van der Waals surface area contributed by atoms with E-state index in [4.69, 9.17) is 0 Å². The summed E-state index contributed by atoms with van der Waals surface area (Å²) in [5.41, 5.74) is 6.60. The lowest BCUT2D eigenvalue weighted by atomic mass is 9.66. The molecular weight excluding hydrogens is 328 g/mol. The van der Waals surface area contributed by atoms with E-state index in [1.807, 2.05) is 0 Å². The van der Waals surface area contributed by atoms with Gasteiger partial charge in [0.25, 0.3) is 5.65 Å². The number of fused-ring (bicyclic) bond motifs is 6. The van der Waals surface area contributed by atoms with Crippen LogP contribution in [-0.4, -0.2) is 4.40 Å². The van der Waals surface area contributed by atoms with Gasteiger partial charge in [0.2, 0.25) is 0 Å². The molecule has 27 heavy (non-hydrogen) atoms. The van der Waals surface area contributed by atoms with Crippen molar-refractivity contribution in [2.24, 2.45) is 0 Å². The number of pyridine rings is 1. The van der Waals surface area contributed by atoms with Gasteiger partial charge in [0.1, 0.15) is 11.1 Å². The second-order valence-corrected chi connectivity index (χ2v) is 8.91. The molecule has 3 heterocycles. The van der Waals surface area contributed by atoms with Crippen LogP contribution in [0, 0.1) is 0 Å². The van der Waals surface area contributed by atoms with Crippen molar-refractivity contribution in [3.05, 3.63) is 72.3 Å². The molecule has 132 valence electrons. The Balaban J connectivity index is 2.12. The molecular formula is C25H23N2+. The van der Waals surface area contributed by atoms with Crippen LogP contribution in [-0.2, 0) is 11.0 Å². The van der Waals surface area contributed by atoms with Crippen LogP contribution in [0.5, 0.6) is 0 Å². The molecule has 2 nitrogen and oxygen atoms in total. The van der Waals surface area contributed by atoms with Crippen LogP contribution >= 0.6 is 0 Å². The molecule has 0 spiro atoms. The summed E-state index contributed by atoms with van der Waals surface area (Å²) in [7, 11) is 0. The minimum atomic E-state index is -0.0505. The molecule has 0 unspecified atom stereocenters. The van der Waals surface area contributed by atoms with E-state index in [0.29, 0.717) is 0 Å². The molecule has 0 fully saturated rings. The van der Waals surface area contributed by atoms with Gasteiger partial charge in [0.15, 0.2) is 11.0 Å². The summed E-state index contributed by atoms with van der Waals surface area (Å²) in [6.45, 7) is 9.56. The van der Waals surface area contributed by atoms with Crippen molar-refractivity contribution < 1.29 is 4.57 Å². The third-order valence-electron chi connectivity index (χ3n) is 7.27. The Labute approximate surface area is 158 Å². The van der Waals surface area contributed by atoms with Crippen molar-refractivity contribution in [3.63, 3.8) is 0 Å². The molecule has 0 radical (unpaired) electrons. The predicted molar refractivity (Wildman–Crippen MR) is 112 cm³/mol. The summed E-state index contributed by atoms with van der Waals surface area (Å²) in [5, 5.41) is 4.08. The summed E-state index contributed by atoms with van der Waals surface area (Å²) in [5.74, 6) is 0. The number of hydrogen-bond acceptors (Lipinski definition) is 0. The number of nitrogens with zero attached hydrogens (tertiary/aromatic N) is 2. The normalized spacial score (nSPS) is 17.5. The fourth-order valence-electron chi connectivity index (χ4n) is 5.25. The van der Waals surface area contributed by atoms with Gasteiger partial charge in [-0.15, -0.1) is 0 Å². The van der Waals surface area contributed by atoms with E-state index in [-0.39, 0.29) is 11.0 Å². The molecule has 0 bridgehead atoms. The lowest BCUT2D eigenvalue weighted by Crippen LogP contribution is -2.64. The number of imidazole rings is 1. The summed E-state index contributed by atoms with van der Waals surface area (Å²) >= 11 is 0. The largest absolute Gasteiger partial charge is 0.296 e. The van der Waals surface area contributed by atoms with Gasteiger partial charge in [-0.3, -0.25) is 0 Å². The van der Waals surface area contributed by atoms with Gasteiger partial charge in [-0.05, 0) is 37.6 Å². The fourth-order valence-corrected chi connectivity index (χ4v) is 5.25. The SMILES string of the molecule is CC1(C)c2cccc3c4ccccc4n4c5ccccc5[n+](c4c23)C1(C)C. The Hall–Kier alpha value is -2.87. The molecule has 0 aliphatic carbocycles. The van der Waals surface area contributed by atoms with Crippen molar-refractivity contribution in [2.45, 2.75) is 38.6 Å². The third kappa shape index (κ3) is 1.53. The fraction of sp³-hybridized carbons (Fsp3) is 0.240. The second-order valence-electron chi connectivity index (χ2n) is 8.91. The zero-order valence-corrected chi connectivity index (χ0v) is 16.2. The first-order valence-corrected chi connectivity index (χ1v) is 9.74. The highest BCUT2D eigenvalue weighted by Crippen LogP contribution is 2.47. The average Bonchev–Trinajstić information content (AvgIpc) is 3.03. The lowest BCUT2D eigenvalue weighted by molar-refractivity contribution is -0.723. The first-order valence-electron chi connectivity index (χ1n) is 9.74. The molecule has 2 heteroatoms. The van der Waals surface area contributed by atoms with Crippen LogP contribution in [0.25, 0.3) is 38.4 Å². The predicted octanol–water partition coefficient (Wildman–Crippen LogP) is 5.71. The molecule has 0 N–H and O–H groups in total. The number of para-hydroxylation sites is 3. The second kappa shape index (κ2) is 4.51. The van der Waals surface area contributed by atoms with Crippen molar-refractivity contribution >= 4 is 38.4 Å². The summed E-state index contributed by atoms with van der Waals surface area (Å²) in [6.07, 6.45) is 0. The van der Waals surface area contributed by atoms with Gasteiger partial charge in [-0.2, -0.15) is 4.40 Å². The monoisotopic (exact) mass is 351 g/mol. The number of hydrogen-bond donors (Lipinski definition) is 0. The minimum Gasteiger partial charge on any atom is -0.217 e. The molecule has 0 saturated carbocycles. The quantitative estimate of drug-likeness (QED) is 0.249. The minimum absolute atomic E-state index is 0.0112. The topological polar surface area (TPSA) is 8.29 Å². The van der Waals surface area contributed by atoms with Crippen molar-refractivity contribution in [2.75, 3.05) is 0 Å².